The van der Waals surface area contributed by atoms with Gasteiger partial charge in [0.25, 0.3) is 0 Å². The van der Waals surface area contributed by atoms with Crippen LogP contribution in [0.3, 0.4) is 0 Å². The van der Waals surface area contributed by atoms with E-state index in [0.717, 1.165) is 114 Å². The molecule has 7 atom stereocenters. The maximum Gasteiger partial charge on any atom is 0.472 e. The van der Waals surface area contributed by atoms with Gasteiger partial charge in [-0.2, -0.15) is 0 Å². The lowest BCUT2D eigenvalue weighted by Crippen LogP contribution is -2.30. The van der Waals surface area contributed by atoms with Crippen LogP contribution in [-0.2, 0) is 65.4 Å². The van der Waals surface area contributed by atoms with Crippen LogP contribution >= 0.6 is 15.6 Å². The number of esters is 4. The normalized spacial score (nSPS) is 14.3. The number of aliphatic hydroxyl groups excluding tert-OH is 1. The molecule has 0 aliphatic heterocycles. The molecule has 3 N–H and O–H groups in total. The summed E-state index contributed by atoms with van der Waals surface area (Å²) < 4.78 is 69.1. The van der Waals surface area contributed by atoms with E-state index in [1.807, 2.05) is 0 Å². The van der Waals surface area contributed by atoms with Crippen molar-refractivity contribution in [3.8, 4) is 0 Å². The molecule has 112 heavy (non-hydrogen) atoms. The van der Waals surface area contributed by atoms with Crippen molar-refractivity contribution >= 4 is 39.5 Å². The molecule has 0 saturated heterocycles. The summed E-state index contributed by atoms with van der Waals surface area (Å²) in [5, 5.41) is 10.7. The highest BCUT2D eigenvalue weighted by Gasteiger charge is 2.31. The molecular weight excluding hydrogens is 1450 g/mol. The number of hydrogen-bond donors (Lipinski definition) is 3. The Kier molecular flexibility index (Phi) is 80.0. The molecule has 0 aliphatic rings. The lowest BCUT2D eigenvalue weighted by Gasteiger charge is -2.21. The summed E-state index contributed by atoms with van der Waals surface area (Å²) in [6, 6.07) is 0. The molecule has 5 unspecified atom stereocenters. The second kappa shape index (κ2) is 81.4. The van der Waals surface area contributed by atoms with Gasteiger partial charge in [-0.25, -0.2) is 9.13 Å². The molecule has 0 fully saturated rings. The Morgan fingerprint density at radius 2 is 0.429 bits per heavy atom. The van der Waals surface area contributed by atoms with Gasteiger partial charge in [0.15, 0.2) is 12.2 Å². The lowest BCUT2D eigenvalue weighted by molar-refractivity contribution is -0.161. The van der Waals surface area contributed by atoms with E-state index < -0.39 is 97.5 Å². The summed E-state index contributed by atoms with van der Waals surface area (Å²) >= 11 is 0. The summed E-state index contributed by atoms with van der Waals surface area (Å²) in [5.74, 6) is 1.15. The fraction of sp³-hybridized carbons (Fsp3) is 0.957. The van der Waals surface area contributed by atoms with Crippen LogP contribution in [0.15, 0.2) is 0 Å². The molecule has 0 aromatic rings. The second-order valence-corrected chi connectivity index (χ2v) is 37.7. The SMILES string of the molecule is CCC(C)CCCCCCCCCCCCCCCCCCCCC(=O)O[C@H](COC(=O)CCCCCCCCCCCCCCCCCC(C)C)COP(=O)(O)OCC(O)COP(=O)(O)OC[C@@H](COC(=O)CCCCCCCCCC(C)C)OC(=O)CCCCCCCCCCCCCCCCCCCCC(C)CC. The third kappa shape index (κ3) is 83.1. The summed E-state index contributed by atoms with van der Waals surface area (Å²) in [6.45, 7) is 14.4. The Morgan fingerprint density at radius 3 is 0.634 bits per heavy atom. The van der Waals surface area contributed by atoms with E-state index in [9.17, 15) is 43.2 Å². The van der Waals surface area contributed by atoms with Crippen LogP contribution in [0.2, 0.25) is 0 Å². The third-order valence-electron chi connectivity index (χ3n) is 22.5. The zero-order valence-corrected chi connectivity index (χ0v) is 76.1. The van der Waals surface area contributed by atoms with Crippen LogP contribution in [0.25, 0.3) is 0 Å². The van der Waals surface area contributed by atoms with Crippen LogP contribution in [0.5, 0.6) is 0 Å². The topological polar surface area (TPSA) is 237 Å². The summed E-state index contributed by atoms with van der Waals surface area (Å²) in [7, 11) is -9.94. The van der Waals surface area contributed by atoms with E-state index in [1.54, 1.807) is 0 Å². The van der Waals surface area contributed by atoms with E-state index in [4.69, 9.17) is 37.0 Å². The molecule has 0 bridgehead atoms. The largest absolute Gasteiger partial charge is 0.472 e. The zero-order chi connectivity index (χ0) is 82.3. The van der Waals surface area contributed by atoms with Gasteiger partial charge in [0, 0.05) is 25.7 Å². The molecule has 0 amide bonds. The van der Waals surface area contributed by atoms with Crippen molar-refractivity contribution in [2.24, 2.45) is 23.7 Å². The Hall–Kier alpha value is -1.94. The minimum Gasteiger partial charge on any atom is -0.462 e. The molecule has 0 saturated carbocycles. The molecular formula is C93H182O17P2. The molecule has 0 heterocycles. The first kappa shape index (κ1) is 110. The maximum absolute atomic E-state index is 13.2. The van der Waals surface area contributed by atoms with Gasteiger partial charge in [0.2, 0.25) is 0 Å². The second-order valence-electron chi connectivity index (χ2n) is 34.8. The monoisotopic (exact) mass is 1630 g/mol. The van der Waals surface area contributed by atoms with Gasteiger partial charge < -0.3 is 33.8 Å². The van der Waals surface area contributed by atoms with Gasteiger partial charge in [-0.1, -0.05) is 441 Å². The number of unbranched alkanes of at least 4 members (excludes halogenated alkanes) is 54. The maximum atomic E-state index is 13.2. The molecule has 0 aromatic carbocycles. The van der Waals surface area contributed by atoms with Crippen molar-refractivity contribution in [3.05, 3.63) is 0 Å². The van der Waals surface area contributed by atoms with Crippen molar-refractivity contribution in [1.82, 2.24) is 0 Å². The number of hydrogen-bond acceptors (Lipinski definition) is 15. The van der Waals surface area contributed by atoms with E-state index in [1.165, 1.54) is 289 Å². The quantitative estimate of drug-likeness (QED) is 0.0222. The van der Waals surface area contributed by atoms with Crippen LogP contribution < -0.4 is 0 Å². The zero-order valence-electron chi connectivity index (χ0n) is 74.3. The minimum absolute atomic E-state index is 0.108. The van der Waals surface area contributed by atoms with Crippen LogP contribution in [0.1, 0.15) is 492 Å². The van der Waals surface area contributed by atoms with Crippen LogP contribution in [-0.4, -0.2) is 96.7 Å². The summed E-state index contributed by atoms with van der Waals surface area (Å²) in [6.07, 6.45) is 73.7. The highest BCUT2D eigenvalue weighted by molar-refractivity contribution is 7.47. The van der Waals surface area contributed by atoms with Gasteiger partial charge in [-0.3, -0.25) is 37.3 Å². The predicted molar refractivity (Wildman–Crippen MR) is 464 cm³/mol. The van der Waals surface area contributed by atoms with E-state index in [-0.39, 0.29) is 25.7 Å². The first-order chi connectivity index (χ1) is 54.2. The Morgan fingerprint density at radius 1 is 0.250 bits per heavy atom. The average Bonchev–Trinajstić information content (AvgIpc) is 0.900. The molecule has 0 spiro atoms. The molecule has 19 heteroatoms. The Labute approximate surface area is 689 Å². The molecule has 666 valence electrons. The average molecular weight is 1630 g/mol. The minimum atomic E-state index is -4.97. The van der Waals surface area contributed by atoms with Gasteiger partial charge in [-0.05, 0) is 49.4 Å². The van der Waals surface area contributed by atoms with Crippen molar-refractivity contribution in [2.75, 3.05) is 39.6 Å². The smallest absolute Gasteiger partial charge is 0.462 e. The molecule has 0 radical (unpaired) electrons. The van der Waals surface area contributed by atoms with Gasteiger partial charge in [0.1, 0.15) is 19.3 Å². The molecule has 0 aromatic heterocycles. The van der Waals surface area contributed by atoms with Crippen LogP contribution in [0.4, 0.5) is 0 Å². The lowest BCUT2D eigenvalue weighted by atomic mass is 9.99. The highest BCUT2D eigenvalue weighted by atomic mass is 31.2. The number of aliphatic hydroxyl groups is 1. The number of phosphoric ester groups is 2. The standard InChI is InChI=1S/C93H182O17P2/c1-9-85(7)71-63-55-47-39-33-27-21-15-11-13-17-23-30-36-42-50-59-67-75-92(97)109-88(79-103-90(95)73-65-57-49-41-35-29-25-19-20-26-32-38-45-53-61-69-83(3)4)81-107-111(99,100)105-77-87(94)78-106-112(101,102)108-82-89(80-104-91(96)74-66-58-52-44-46-54-62-70-84(5)6)110-93(98)76-68-60-51-43-37-31-24-18-14-12-16-22-28-34-40-48-56-64-72-86(8)10-2/h83-89,94H,9-82H2,1-8H3,(H,99,100)(H,101,102)/t85?,86?,87?,88-,89-/m1/s1. The van der Waals surface area contributed by atoms with E-state index in [2.05, 4.69) is 55.4 Å². The molecule has 0 rings (SSSR count). The summed E-state index contributed by atoms with van der Waals surface area (Å²) in [5.41, 5.74) is 0. The van der Waals surface area contributed by atoms with Crippen LogP contribution in [0, 0.1) is 23.7 Å². The number of carbonyl (C=O) groups excluding carboxylic acids is 4. The number of rotatable bonds is 90. The van der Waals surface area contributed by atoms with E-state index in [0.29, 0.717) is 31.6 Å². The highest BCUT2D eigenvalue weighted by Crippen LogP contribution is 2.45. The first-order valence-corrected chi connectivity index (χ1v) is 50.8. The Balaban J connectivity index is 5.20. The molecule has 17 nitrogen and oxygen atoms in total. The number of carbonyl (C=O) groups is 4. The van der Waals surface area contributed by atoms with Crippen molar-refractivity contribution in [2.45, 2.75) is 510 Å². The fourth-order valence-corrected chi connectivity index (χ4v) is 16.1. The first-order valence-electron chi connectivity index (χ1n) is 47.8. The van der Waals surface area contributed by atoms with Crippen molar-refractivity contribution in [1.29, 1.82) is 0 Å². The predicted octanol–water partition coefficient (Wildman–Crippen LogP) is 28.7. The van der Waals surface area contributed by atoms with Gasteiger partial charge in [0.05, 0.1) is 26.4 Å². The third-order valence-corrected chi connectivity index (χ3v) is 24.4. The number of ether oxygens (including phenoxy) is 4. The van der Waals surface area contributed by atoms with Gasteiger partial charge in [-0.15, -0.1) is 0 Å². The number of phosphoric acid groups is 2. The van der Waals surface area contributed by atoms with E-state index >= 15 is 0 Å². The Bertz CT molecular complexity index is 2170. The van der Waals surface area contributed by atoms with Gasteiger partial charge >= 0.3 is 39.5 Å². The summed E-state index contributed by atoms with van der Waals surface area (Å²) in [4.78, 5) is 73.4. The molecule has 0 aliphatic carbocycles. The van der Waals surface area contributed by atoms with Crippen molar-refractivity contribution < 1.29 is 80.2 Å². The fourth-order valence-electron chi connectivity index (χ4n) is 14.5. The van der Waals surface area contributed by atoms with Crippen molar-refractivity contribution in [3.63, 3.8) is 0 Å².